The van der Waals surface area contributed by atoms with Crippen molar-refractivity contribution in [2.45, 2.75) is 32.7 Å². The fraction of sp³-hybridized carbons (Fsp3) is 0.632. The Morgan fingerprint density at radius 2 is 2.12 bits per heavy atom. The van der Waals surface area contributed by atoms with Gasteiger partial charge in [0, 0.05) is 31.2 Å². The maximum Gasteiger partial charge on any atom is 0.227 e. The molecule has 0 spiro atoms. The van der Waals surface area contributed by atoms with Crippen LogP contribution in [0.25, 0.3) is 0 Å². The second kappa shape index (κ2) is 8.10. The van der Waals surface area contributed by atoms with Crippen molar-refractivity contribution in [1.82, 2.24) is 4.90 Å². The number of nitrogens with two attached hydrogens (primary N) is 1. The SMILES string of the molecule is Cc1ccc(CN2CCOCC2)cc1NC(=O)[C@@H]1CCC[C@@H]1CN. The van der Waals surface area contributed by atoms with Crippen molar-refractivity contribution >= 4 is 11.6 Å². The molecule has 1 aliphatic carbocycles. The van der Waals surface area contributed by atoms with E-state index in [9.17, 15) is 4.79 Å². The van der Waals surface area contributed by atoms with Crippen molar-refractivity contribution < 1.29 is 9.53 Å². The molecule has 1 aromatic rings. The molecule has 1 saturated carbocycles. The van der Waals surface area contributed by atoms with Crippen LogP contribution in [-0.2, 0) is 16.1 Å². The normalized spacial score (nSPS) is 24.9. The van der Waals surface area contributed by atoms with Gasteiger partial charge in [0.2, 0.25) is 5.91 Å². The minimum absolute atomic E-state index is 0.0669. The molecular weight excluding hydrogens is 302 g/mol. The maximum absolute atomic E-state index is 12.6. The molecule has 3 rings (SSSR count). The highest BCUT2D eigenvalue weighted by Gasteiger charge is 2.32. The number of morpholine rings is 1. The van der Waals surface area contributed by atoms with Crippen LogP contribution in [0, 0.1) is 18.8 Å². The standard InChI is InChI=1S/C19H29N3O2/c1-14-5-6-15(13-22-7-9-24-10-8-22)11-18(14)21-19(23)17-4-2-3-16(17)12-20/h5-6,11,16-17H,2-4,7-10,12-13,20H2,1H3,(H,21,23)/t16-,17-/m1/s1. The Balaban J connectivity index is 1.66. The molecule has 1 heterocycles. The smallest absolute Gasteiger partial charge is 0.227 e. The maximum atomic E-state index is 12.6. The Hall–Kier alpha value is -1.43. The number of hydrogen-bond donors (Lipinski definition) is 2. The van der Waals surface area contributed by atoms with Gasteiger partial charge in [0.1, 0.15) is 0 Å². The van der Waals surface area contributed by atoms with Crippen LogP contribution in [-0.4, -0.2) is 43.7 Å². The third kappa shape index (κ3) is 4.15. The molecule has 1 aromatic carbocycles. The van der Waals surface area contributed by atoms with E-state index in [1.54, 1.807) is 0 Å². The van der Waals surface area contributed by atoms with Crippen molar-refractivity contribution in [3.8, 4) is 0 Å². The predicted molar refractivity (Wildman–Crippen MR) is 95.8 cm³/mol. The molecule has 1 aliphatic heterocycles. The number of benzene rings is 1. The number of carbonyl (C=O) groups excluding carboxylic acids is 1. The summed E-state index contributed by atoms with van der Waals surface area (Å²) in [4.78, 5) is 15.0. The third-order valence-electron chi connectivity index (χ3n) is 5.37. The molecule has 5 nitrogen and oxygen atoms in total. The summed E-state index contributed by atoms with van der Waals surface area (Å²) in [6, 6.07) is 6.37. The quantitative estimate of drug-likeness (QED) is 0.867. The van der Waals surface area contributed by atoms with Gasteiger partial charge in [-0.15, -0.1) is 0 Å². The first kappa shape index (κ1) is 17.4. The molecule has 3 N–H and O–H groups in total. The van der Waals surface area contributed by atoms with E-state index < -0.39 is 0 Å². The Labute approximate surface area is 144 Å². The third-order valence-corrected chi connectivity index (χ3v) is 5.37. The monoisotopic (exact) mass is 331 g/mol. The molecule has 0 radical (unpaired) electrons. The summed E-state index contributed by atoms with van der Waals surface area (Å²) >= 11 is 0. The molecule has 1 amide bonds. The minimum Gasteiger partial charge on any atom is -0.379 e. The molecule has 0 bridgehead atoms. The number of nitrogens with zero attached hydrogens (tertiary/aromatic N) is 1. The van der Waals surface area contributed by atoms with E-state index in [1.807, 2.05) is 6.92 Å². The number of aryl methyl sites for hydroxylation is 1. The number of anilines is 1. The zero-order valence-corrected chi connectivity index (χ0v) is 14.6. The van der Waals surface area contributed by atoms with Crippen LogP contribution in [0.4, 0.5) is 5.69 Å². The molecule has 2 fully saturated rings. The number of carbonyl (C=O) groups is 1. The van der Waals surface area contributed by atoms with Crippen LogP contribution in [0.3, 0.4) is 0 Å². The highest BCUT2D eigenvalue weighted by Crippen LogP contribution is 2.32. The number of ether oxygens (including phenoxy) is 1. The molecule has 24 heavy (non-hydrogen) atoms. The predicted octanol–water partition coefficient (Wildman–Crippen LogP) is 2.14. The summed E-state index contributed by atoms with van der Waals surface area (Å²) in [5.74, 6) is 0.536. The average Bonchev–Trinajstić information content (AvgIpc) is 3.07. The fourth-order valence-electron chi connectivity index (χ4n) is 3.81. The van der Waals surface area contributed by atoms with Crippen molar-refractivity contribution in [2.24, 2.45) is 17.6 Å². The molecule has 5 heteroatoms. The zero-order valence-electron chi connectivity index (χ0n) is 14.6. The number of nitrogens with one attached hydrogen (secondary N) is 1. The molecule has 132 valence electrons. The molecule has 1 saturated heterocycles. The molecular formula is C19H29N3O2. The Bertz CT molecular complexity index is 570. The fourth-order valence-corrected chi connectivity index (χ4v) is 3.81. The van der Waals surface area contributed by atoms with Gasteiger partial charge in [-0.05, 0) is 49.4 Å². The van der Waals surface area contributed by atoms with Crippen molar-refractivity contribution in [3.05, 3.63) is 29.3 Å². The Morgan fingerprint density at radius 3 is 2.88 bits per heavy atom. The second-order valence-corrected chi connectivity index (χ2v) is 7.06. The molecule has 0 unspecified atom stereocenters. The van der Waals surface area contributed by atoms with Gasteiger partial charge in [0.05, 0.1) is 13.2 Å². The van der Waals surface area contributed by atoms with E-state index in [1.165, 1.54) is 5.56 Å². The minimum atomic E-state index is 0.0669. The molecule has 2 atom stereocenters. The lowest BCUT2D eigenvalue weighted by Crippen LogP contribution is -2.35. The largest absolute Gasteiger partial charge is 0.379 e. The van der Waals surface area contributed by atoms with Gasteiger partial charge in [-0.25, -0.2) is 0 Å². The number of rotatable bonds is 5. The topological polar surface area (TPSA) is 67.6 Å². The van der Waals surface area contributed by atoms with Crippen molar-refractivity contribution in [2.75, 3.05) is 38.2 Å². The first-order valence-corrected chi connectivity index (χ1v) is 9.08. The average molecular weight is 331 g/mol. The second-order valence-electron chi connectivity index (χ2n) is 7.06. The van der Waals surface area contributed by atoms with Gasteiger partial charge >= 0.3 is 0 Å². The van der Waals surface area contributed by atoms with Crippen LogP contribution in [0.2, 0.25) is 0 Å². The van der Waals surface area contributed by atoms with Crippen molar-refractivity contribution in [3.63, 3.8) is 0 Å². The summed E-state index contributed by atoms with van der Waals surface area (Å²) < 4.78 is 5.40. The van der Waals surface area contributed by atoms with Crippen LogP contribution < -0.4 is 11.1 Å². The van der Waals surface area contributed by atoms with Gasteiger partial charge in [-0.1, -0.05) is 18.6 Å². The summed E-state index contributed by atoms with van der Waals surface area (Å²) in [5.41, 5.74) is 9.10. The Morgan fingerprint density at radius 1 is 1.33 bits per heavy atom. The first-order chi connectivity index (χ1) is 11.7. The summed E-state index contributed by atoms with van der Waals surface area (Å²) in [6.07, 6.45) is 3.14. The molecule has 0 aromatic heterocycles. The lowest BCUT2D eigenvalue weighted by molar-refractivity contribution is -0.120. The first-order valence-electron chi connectivity index (χ1n) is 9.08. The van der Waals surface area contributed by atoms with Gasteiger partial charge in [0.25, 0.3) is 0 Å². The van der Waals surface area contributed by atoms with E-state index in [0.717, 1.165) is 63.4 Å². The summed E-state index contributed by atoms with van der Waals surface area (Å²) in [6.45, 7) is 7.10. The molecule has 2 aliphatic rings. The van der Waals surface area contributed by atoms with Gasteiger partial charge in [-0.2, -0.15) is 0 Å². The van der Waals surface area contributed by atoms with Crippen LogP contribution in [0.15, 0.2) is 18.2 Å². The lowest BCUT2D eigenvalue weighted by Gasteiger charge is -2.27. The van der Waals surface area contributed by atoms with E-state index >= 15 is 0 Å². The zero-order chi connectivity index (χ0) is 16.9. The summed E-state index contributed by atoms with van der Waals surface area (Å²) in [5, 5.41) is 3.16. The number of amides is 1. The van der Waals surface area contributed by atoms with Crippen LogP contribution >= 0.6 is 0 Å². The number of hydrogen-bond acceptors (Lipinski definition) is 4. The van der Waals surface area contributed by atoms with E-state index in [0.29, 0.717) is 12.5 Å². The van der Waals surface area contributed by atoms with E-state index in [-0.39, 0.29) is 11.8 Å². The van der Waals surface area contributed by atoms with Crippen LogP contribution in [0.5, 0.6) is 0 Å². The lowest BCUT2D eigenvalue weighted by atomic mass is 9.95. The highest BCUT2D eigenvalue weighted by atomic mass is 16.5. The van der Waals surface area contributed by atoms with Gasteiger partial charge in [0.15, 0.2) is 0 Å². The van der Waals surface area contributed by atoms with Crippen LogP contribution in [0.1, 0.15) is 30.4 Å². The summed E-state index contributed by atoms with van der Waals surface area (Å²) in [7, 11) is 0. The van der Waals surface area contributed by atoms with Crippen molar-refractivity contribution in [1.29, 1.82) is 0 Å². The van der Waals surface area contributed by atoms with Gasteiger partial charge < -0.3 is 15.8 Å². The van der Waals surface area contributed by atoms with Gasteiger partial charge in [-0.3, -0.25) is 9.69 Å². The van der Waals surface area contributed by atoms with E-state index in [2.05, 4.69) is 28.4 Å². The highest BCUT2D eigenvalue weighted by molar-refractivity contribution is 5.93. The Kier molecular flexibility index (Phi) is 5.87. The van der Waals surface area contributed by atoms with E-state index in [4.69, 9.17) is 10.5 Å².